The number of carbonyl (C=O) groups is 1. The van der Waals surface area contributed by atoms with Gasteiger partial charge in [-0.3, -0.25) is 4.79 Å². The van der Waals surface area contributed by atoms with Crippen LogP contribution in [-0.2, 0) is 11.3 Å². The fourth-order valence-electron chi connectivity index (χ4n) is 2.28. The van der Waals surface area contributed by atoms with Gasteiger partial charge in [0.15, 0.2) is 5.82 Å². The minimum Gasteiger partial charge on any atom is -0.497 e. The molecule has 0 saturated carbocycles. The van der Waals surface area contributed by atoms with Crippen molar-refractivity contribution < 1.29 is 9.53 Å². The lowest BCUT2D eigenvalue weighted by Gasteiger charge is -2.08. The van der Waals surface area contributed by atoms with Crippen molar-refractivity contribution >= 4 is 51.6 Å². The van der Waals surface area contributed by atoms with Gasteiger partial charge in [0.25, 0.3) is 0 Å². The summed E-state index contributed by atoms with van der Waals surface area (Å²) >= 11 is 3.45. The zero-order valence-electron chi connectivity index (χ0n) is 15.1. The molecule has 8 nitrogen and oxygen atoms in total. The molecule has 0 aliphatic rings. The minimum absolute atomic E-state index is 0.132. The number of anilines is 2. The highest BCUT2D eigenvalue weighted by molar-refractivity contribution is 14.1. The molecule has 0 radical (unpaired) electrons. The Hall–Kier alpha value is -2.47. The van der Waals surface area contributed by atoms with E-state index in [1.54, 1.807) is 7.11 Å². The van der Waals surface area contributed by atoms with E-state index in [0.29, 0.717) is 17.5 Å². The Balaban J connectivity index is 1.50. The third-order valence-corrected chi connectivity index (χ3v) is 5.40. The number of thioether (sulfide) groups is 1. The predicted octanol–water partition coefficient (Wildman–Crippen LogP) is 2.95. The van der Waals surface area contributed by atoms with Crippen molar-refractivity contribution in [3.63, 3.8) is 0 Å². The SMILES string of the molecule is COc1ccc(NCc2nnc(SCC(=O)Nc3ccc(I)cc3)n2N)cc1. The highest BCUT2D eigenvalue weighted by atomic mass is 127. The number of hydrogen-bond donors (Lipinski definition) is 3. The summed E-state index contributed by atoms with van der Waals surface area (Å²) in [6.07, 6.45) is 0. The first-order valence-corrected chi connectivity index (χ1v) is 10.4. The van der Waals surface area contributed by atoms with Crippen molar-refractivity contribution in [3.05, 3.63) is 57.9 Å². The van der Waals surface area contributed by atoms with Crippen LogP contribution in [0.15, 0.2) is 53.7 Å². The summed E-state index contributed by atoms with van der Waals surface area (Å²) in [5.74, 6) is 7.46. The van der Waals surface area contributed by atoms with E-state index in [-0.39, 0.29) is 11.7 Å². The third-order valence-electron chi connectivity index (χ3n) is 3.74. The van der Waals surface area contributed by atoms with Gasteiger partial charge in [0, 0.05) is 14.9 Å². The molecule has 2 aromatic carbocycles. The number of aromatic nitrogens is 3. The number of halogens is 1. The van der Waals surface area contributed by atoms with Crippen LogP contribution in [0.2, 0.25) is 0 Å². The molecule has 0 unspecified atom stereocenters. The lowest BCUT2D eigenvalue weighted by atomic mass is 10.3. The van der Waals surface area contributed by atoms with Crippen molar-refractivity contribution in [2.24, 2.45) is 0 Å². The van der Waals surface area contributed by atoms with Crippen LogP contribution in [0.3, 0.4) is 0 Å². The highest BCUT2D eigenvalue weighted by Gasteiger charge is 2.12. The molecule has 0 aliphatic carbocycles. The van der Waals surface area contributed by atoms with Gasteiger partial charge in [-0.1, -0.05) is 11.8 Å². The molecule has 28 heavy (non-hydrogen) atoms. The summed E-state index contributed by atoms with van der Waals surface area (Å²) in [5, 5.41) is 14.7. The minimum atomic E-state index is -0.132. The smallest absolute Gasteiger partial charge is 0.234 e. The third kappa shape index (κ3) is 5.52. The molecule has 10 heteroatoms. The van der Waals surface area contributed by atoms with E-state index in [0.717, 1.165) is 20.7 Å². The second kappa shape index (κ2) is 9.64. The Morgan fingerprint density at radius 2 is 1.82 bits per heavy atom. The first-order valence-electron chi connectivity index (χ1n) is 8.30. The molecular formula is C18H19IN6O2S. The number of nitrogen functional groups attached to an aromatic ring is 1. The van der Waals surface area contributed by atoms with E-state index in [1.165, 1.54) is 16.4 Å². The van der Waals surface area contributed by atoms with Crippen molar-refractivity contribution in [1.29, 1.82) is 0 Å². The average Bonchev–Trinajstić information content (AvgIpc) is 3.06. The molecule has 3 rings (SSSR count). The summed E-state index contributed by atoms with van der Waals surface area (Å²) in [7, 11) is 1.62. The van der Waals surface area contributed by atoms with Gasteiger partial charge >= 0.3 is 0 Å². The first kappa shape index (κ1) is 20.3. The van der Waals surface area contributed by atoms with Crippen LogP contribution in [0.5, 0.6) is 5.75 Å². The van der Waals surface area contributed by atoms with Gasteiger partial charge in [0.2, 0.25) is 11.1 Å². The second-order valence-electron chi connectivity index (χ2n) is 5.69. The standard InChI is InChI=1S/C18H19IN6O2S/c1-27-15-8-6-13(7-9-15)21-10-16-23-24-18(25(16)20)28-11-17(26)22-14-4-2-12(19)3-5-14/h2-9,21H,10-11,20H2,1H3,(H,22,26). The number of nitrogens with two attached hydrogens (primary N) is 1. The number of nitrogens with zero attached hydrogens (tertiary/aromatic N) is 3. The van der Waals surface area contributed by atoms with Crippen LogP contribution in [0.4, 0.5) is 11.4 Å². The lowest BCUT2D eigenvalue weighted by molar-refractivity contribution is -0.113. The zero-order valence-corrected chi connectivity index (χ0v) is 18.0. The Bertz CT molecular complexity index is 930. The summed E-state index contributed by atoms with van der Waals surface area (Å²) in [5.41, 5.74) is 1.67. The van der Waals surface area contributed by atoms with Crippen LogP contribution in [0, 0.1) is 3.57 Å². The maximum atomic E-state index is 12.1. The van der Waals surface area contributed by atoms with E-state index >= 15 is 0 Å². The van der Waals surface area contributed by atoms with Gasteiger partial charge in [-0.25, -0.2) is 4.68 Å². The molecule has 0 spiro atoms. The average molecular weight is 510 g/mol. The van der Waals surface area contributed by atoms with E-state index < -0.39 is 0 Å². The fraction of sp³-hybridized carbons (Fsp3) is 0.167. The Labute approximate surface area is 180 Å². The Morgan fingerprint density at radius 1 is 1.14 bits per heavy atom. The Morgan fingerprint density at radius 3 is 2.50 bits per heavy atom. The van der Waals surface area contributed by atoms with Crippen molar-refractivity contribution in [1.82, 2.24) is 14.9 Å². The number of methoxy groups -OCH3 is 1. The van der Waals surface area contributed by atoms with Gasteiger partial charge in [-0.2, -0.15) is 0 Å². The summed E-state index contributed by atoms with van der Waals surface area (Å²) in [6, 6.07) is 15.1. The van der Waals surface area contributed by atoms with Crippen molar-refractivity contribution in [2.75, 3.05) is 29.3 Å². The lowest BCUT2D eigenvalue weighted by Crippen LogP contribution is -2.18. The van der Waals surface area contributed by atoms with E-state index in [9.17, 15) is 4.79 Å². The van der Waals surface area contributed by atoms with Crippen LogP contribution in [0.1, 0.15) is 5.82 Å². The largest absolute Gasteiger partial charge is 0.497 e. The first-order chi connectivity index (χ1) is 13.5. The number of benzene rings is 2. The van der Waals surface area contributed by atoms with Gasteiger partial charge < -0.3 is 21.2 Å². The molecule has 1 aromatic heterocycles. The molecule has 0 atom stereocenters. The second-order valence-corrected chi connectivity index (χ2v) is 7.88. The van der Waals surface area contributed by atoms with Gasteiger partial charge in [0.1, 0.15) is 5.75 Å². The molecule has 0 saturated heterocycles. The number of nitrogens with one attached hydrogen (secondary N) is 2. The van der Waals surface area contributed by atoms with Gasteiger partial charge in [-0.15, -0.1) is 10.2 Å². The van der Waals surface area contributed by atoms with Gasteiger partial charge in [-0.05, 0) is 71.1 Å². The van der Waals surface area contributed by atoms with Crippen molar-refractivity contribution in [3.8, 4) is 5.75 Å². The summed E-state index contributed by atoms with van der Waals surface area (Å²) in [4.78, 5) is 12.1. The number of rotatable bonds is 8. The molecule has 146 valence electrons. The summed E-state index contributed by atoms with van der Waals surface area (Å²) in [6.45, 7) is 0.408. The maximum Gasteiger partial charge on any atom is 0.234 e. The Kier molecular flexibility index (Phi) is 6.98. The molecule has 0 aliphatic heterocycles. The number of ether oxygens (including phenoxy) is 1. The fourth-order valence-corrected chi connectivity index (χ4v) is 3.31. The number of amides is 1. The molecule has 3 aromatic rings. The zero-order chi connectivity index (χ0) is 19.9. The molecule has 1 heterocycles. The maximum absolute atomic E-state index is 12.1. The molecule has 1 amide bonds. The molecule has 0 bridgehead atoms. The van der Waals surface area contributed by atoms with Crippen LogP contribution < -0.4 is 21.2 Å². The van der Waals surface area contributed by atoms with Crippen LogP contribution in [0.25, 0.3) is 0 Å². The number of carbonyl (C=O) groups excluding carboxylic acids is 1. The topological polar surface area (TPSA) is 107 Å². The van der Waals surface area contributed by atoms with Crippen molar-refractivity contribution in [2.45, 2.75) is 11.7 Å². The normalized spacial score (nSPS) is 10.5. The number of hydrogen-bond acceptors (Lipinski definition) is 7. The molecule has 4 N–H and O–H groups in total. The van der Waals surface area contributed by atoms with E-state index in [1.807, 2.05) is 48.5 Å². The molecular weight excluding hydrogens is 491 g/mol. The van der Waals surface area contributed by atoms with Crippen LogP contribution in [-0.4, -0.2) is 33.6 Å². The summed E-state index contributed by atoms with van der Waals surface area (Å²) < 4.78 is 7.63. The highest BCUT2D eigenvalue weighted by Crippen LogP contribution is 2.18. The monoisotopic (exact) mass is 510 g/mol. The predicted molar refractivity (Wildman–Crippen MR) is 119 cm³/mol. The van der Waals surface area contributed by atoms with E-state index in [2.05, 4.69) is 43.4 Å². The quantitative estimate of drug-likeness (QED) is 0.243. The van der Waals surface area contributed by atoms with Crippen LogP contribution >= 0.6 is 34.4 Å². The molecule has 0 fully saturated rings. The van der Waals surface area contributed by atoms with E-state index in [4.69, 9.17) is 10.6 Å². The van der Waals surface area contributed by atoms with Gasteiger partial charge in [0.05, 0.1) is 19.4 Å².